The number of hydrogen-bond donors (Lipinski definition) is 2. The Morgan fingerprint density at radius 1 is 0.500 bits per heavy atom. The summed E-state index contributed by atoms with van der Waals surface area (Å²) in [6.07, 6.45) is 0.500. The van der Waals surface area contributed by atoms with Crippen LogP contribution in [0, 0.1) is 0 Å². The van der Waals surface area contributed by atoms with Crippen LogP contribution in [-0.4, -0.2) is 26.0 Å². The first-order valence-corrected chi connectivity index (χ1v) is 15.0. The lowest BCUT2D eigenvalue weighted by Crippen LogP contribution is -2.27. The molecule has 3 aromatic carbocycles. The van der Waals surface area contributed by atoms with Crippen molar-refractivity contribution in [1.29, 1.82) is 0 Å². The minimum atomic E-state index is -3.85. The minimum Gasteiger partial charge on any atom is -0.274 e. The summed E-state index contributed by atoms with van der Waals surface area (Å²) < 4.78 is 47.7. The highest BCUT2D eigenvalue weighted by Gasteiger charge is 2.20. The molecule has 206 valence electrons. The molecule has 0 saturated carbocycles. The van der Waals surface area contributed by atoms with E-state index in [4.69, 9.17) is 10.3 Å². The monoisotopic (exact) mass is 582 g/mol. The molecule has 12 nitrogen and oxygen atoms in total. The Balaban J connectivity index is 1.43. The van der Waals surface area contributed by atoms with Crippen LogP contribution in [0.15, 0.2) is 89.6 Å². The lowest BCUT2D eigenvalue weighted by atomic mass is 10.1. The molecule has 0 amide bonds. The van der Waals surface area contributed by atoms with Crippen molar-refractivity contribution in [3.05, 3.63) is 113 Å². The maximum absolute atomic E-state index is 13.0. The van der Waals surface area contributed by atoms with Gasteiger partial charge in [-0.25, -0.2) is 27.1 Å². The molecule has 0 fully saturated rings. The highest BCUT2D eigenvalue weighted by atomic mass is 32.2. The van der Waals surface area contributed by atoms with Gasteiger partial charge in [-0.05, 0) is 60.4 Å². The highest BCUT2D eigenvalue weighted by Crippen LogP contribution is 2.16. The van der Waals surface area contributed by atoms with Crippen molar-refractivity contribution in [2.45, 2.75) is 35.7 Å². The third kappa shape index (κ3) is 4.93. The van der Waals surface area contributed by atoms with Gasteiger partial charge in [-0.1, -0.05) is 24.3 Å². The molecule has 0 atom stereocenters. The quantitative estimate of drug-likeness (QED) is 0.248. The van der Waals surface area contributed by atoms with Crippen molar-refractivity contribution in [3.63, 3.8) is 0 Å². The van der Waals surface area contributed by atoms with E-state index in [0.717, 1.165) is 9.13 Å². The predicted octanol–water partition coefficient (Wildman–Crippen LogP) is -0.307. The molecule has 0 saturated heterocycles. The molecule has 2 heterocycles. The van der Waals surface area contributed by atoms with Crippen molar-refractivity contribution >= 4 is 41.6 Å². The first kappa shape index (κ1) is 27.3. The van der Waals surface area contributed by atoms with Gasteiger partial charge in [0.05, 0.1) is 31.3 Å². The summed E-state index contributed by atoms with van der Waals surface area (Å²) in [6, 6.07) is 14.0. The molecule has 40 heavy (non-hydrogen) atoms. The van der Waals surface area contributed by atoms with E-state index in [-0.39, 0.29) is 57.3 Å². The molecule has 4 N–H and O–H groups in total. The second-order valence-corrected chi connectivity index (χ2v) is 12.5. The maximum Gasteiger partial charge on any atom is 0.261 e. The van der Waals surface area contributed by atoms with Gasteiger partial charge in [-0.2, -0.15) is 0 Å². The summed E-state index contributed by atoms with van der Waals surface area (Å²) >= 11 is 0. The normalized spacial score (nSPS) is 12.4. The Kier molecular flexibility index (Phi) is 6.66. The summed E-state index contributed by atoms with van der Waals surface area (Å²) in [5.74, 6) is 0. The van der Waals surface area contributed by atoms with Crippen LogP contribution in [0.25, 0.3) is 21.5 Å². The summed E-state index contributed by atoms with van der Waals surface area (Å²) in [4.78, 5) is 52.0. The molecular weight excluding hydrogens is 560 g/mol. The molecule has 0 aliphatic carbocycles. The van der Waals surface area contributed by atoms with Gasteiger partial charge in [0.15, 0.2) is 0 Å². The highest BCUT2D eigenvalue weighted by molar-refractivity contribution is 7.89. The van der Waals surface area contributed by atoms with Crippen LogP contribution in [-0.2, 0) is 46.0 Å². The smallest absolute Gasteiger partial charge is 0.261 e. The fraction of sp³-hybridized carbons (Fsp3) is 0.154. The third-order valence-electron chi connectivity index (χ3n) is 6.81. The summed E-state index contributed by atoms with van der Waals surface area (Å²) in [5.41, 5.74) is -1.05. The Hall–Kier alpha value is -4.24. The molecule has 0 aliphatic rings. The number of sulfonamides is 2. The second kappa shape index (κ2) is 9.75. The molecule has 5 rings (SSSR count). The Bertz CT molecular complexity index is 1990. The van der Waals surface area contributed by atoms with Crippen molar-refractivity contribution in [1.82, 2.24) is 9.13 Å². The molecule has 0 radical (unpaired) electrons. The zero-order valence-corrected chi connectivity index (χ0v) is 22.4. The van der Waals surface area contributed by atoms with Crippen LogP contribution in [0.4, 0.5) is 0 Å². The van der Waals surface area contributed by atoms with E-state index >= 15 is 0 Å². The average molecular weight is 583 g/mol. The first-order valence-electron chi connectivity index (χ1n) is 11.9. The van der Waals surface area contributed by atoms with E-state index in [1.807, 2.05) is 0 Å². The minimum absolute atomic E-state index is 0.00397. The van der Waals surface area contributed by atoms with Crippen LogP contribution < -0.4 is 32.5 Å². The second-order valence-electron chi connectivity index (χ2n) is 9.35. The van der Waals surface area contributed by atoms with Gasteiger partial charge in [0.2, 0.25) is 20.0 Å². The predicted molar refractivity (Wildman–Crippen MR) is 148 cm³/mol. The van der Waals surface area contributed by atoms with Crippen LogP contribution in [0.1, 0.15) is 11.1 Å². The fourth-order valence-corrected chi connectivity index (χ4v) is 5.68. The van der Waals surface area contributed by atoms with Crippen molar-refractivity contribution in [3.8, 4) is 0 Å². The molecule has 5 aromatic rings. The Morgan fingerprint density at radius 2 is 0.775 bits per heavy atom. The van der Waals surface area contributed by atoms with Gasteiger partial charge in [0.1, 0.15) is 0 Å². The molecule has 2 aromatic heterocycles. The summed E-state index contributed by atoms with van der Waals surface area (Å²) in [7, 11) is -7.70. The van der Waals surface area contributed by atoms with E-state index in [0.29, 0.717) is 11.1 Å². The molecule has 14 heteroatoms. The summed E-state index contributed by atoms with van der Waals surface area (Å²) in [6.45, 7) is 0.00794. The zero-order valence-electron chi connectivity index (χ0n) is 20.7. The number of benzene rings is 3. The third-order valence-corrected chi connectivity index (χ3v) is 8.67. The van der Waals surface area contributed by atoms with Crippen LogP contribution in [0.5, 0.6) is 0 Å². The zero-order chi connectivity index (χ0) is 29.0. The van der Waals surface area contributed by atoms with Gasteiger partial charge in [-0.15, -0.1) is 0 Å². The van der Waals surface area contributed by atoms with E-state index in [9.17, 15) is 36.0 Å². The SMILES string of the molecule is NS(=O)(=O)c1ccc(CCn2c(=O)c3cc4c(=O)n(CCc5ccc(S(N)(=O)=O)cc5)c(=O)c4cc3c2=O)cc1. The van der Waals surface area contributed by atoms with Gasteiger partial charge >= 0.3 is 0 Å². The largest absolute Gasteiger partial charge is 0.274 e. The van der Waals surface area contributed by atoms with Crippen molar-refractivity contribution < 1.29 is 16.8 Å². The van der Waals surface area contributed by atoms with Gasteiger partial charge in [-0.3, -0.25) is 28.3 Å². The van der Waals surface area contributed by atoms with E-state index < -0.39 is 42.3 Å². The maximum atomic E-state index is 13.0. The molecule has 0 aliphatic heterocycles. The fourth-order valence-electron chi connectivity index (χ4n) is 4.65. The number of nitrogens with zero attached hydrogens (tertiary/aromatic N) is 2. The first-order chi connectivity index (χ1) is 18.8. The van der Waals surface area contributed by atoms with Crippen LogP contribution >= 0.6 is 0 Å². The lowest BCUT2D eigenvalue weighted by molar-refractivity contribution is 0.596. The Labute approximate surface area is 226 Å². The standard InChI is InChI=1S/C26H22N4O8S2/c27-39(35,36)17-5-1-15(2-6-17)9-11-29-23(31)19-13-21-22(14-20(19)24(29)32)26(34)30(25(21)33)12-10-16-3-7-18(8-4-16)40(28,37)38/h1-8,13-14H,9-12H2,(H2,27,35,36)(H2,28,37,38). The van der Waals surface area contributed by atoms with Crippen LogP contribution in [0.3, 0.4) is 0 Å². The number of hydrogen-bond acceptors (Lipinski definition) is 8. The van der Waals surface area contributed by atoms with E-state index in [1.54, 1.807) is 0 Å². The van der Waals surface area contributed by atoms with E-state index in [2.05, 4.69) is 0 Å². The molecular formula is C26H22N4O8S2. The van der Waals surface area contributed by atoms with Crippen molar-refractivity contribution in [2.24, 2.45) is 10.3 Å². The average Bonchev–Trinajstić information content (AvgIpc) is 3.28. The van der Waals surface area contributed by atoms with Crippen molar-refractivity contribution in [2.75, 3.05) is 0 Å². The lowest BCUT2D eigenvalue weighted by Gasteiger charge is -2.03. The van der Waals surface area contributed by atoms with E-state index in [1.165, 1.54) is 60.7 Å². The number of fused-ring (bicyclic) bond motifs is 2. The molecule has 0 bridgehead atoms. The topological polar surface area (TPSA) is 198 Å². The van der Waals surface area contributed by atoms with Gasteiger partial charge in [0, 0.05) is 13.1 Å². The molecule has 0 unspecified atom stereocenters. The Morgan fingerprint density at radius 3 is 1.02 bits per heavy atom. The van der Waals surface area contributed by atoms with Crippen LogP contribution in [0.2, 0.25) is 0 Å². The molecule has 0 spiro atoms. The van der Waals surface area contributed by atoms with Gasteiger partial charge < -0.3 is 0 Å². The number of primary sulfonamides is 2. The number of rotatable bonds is 8. The number of aromatic nitrogens is 2. The van der Waals surface area contributed by atoms with Gasteiger partial charge in [0.25, 0.3) is 22.2 Å². The number of nitrogens with two attached hydrogens (primary N) is 2. The number of aryl methyl sites for hydroxylation is 2. The summed E-state index contributed by atoms with van der Waals surface area (Å²) in [5, 5.41) is 10.3.